The Bertz CT molecular complexity index is 2850. The molecule has 2 aliphatic carbocycles. The third kappa shape index (κ3) is 4.11. The predicted octanol–water partition coefficient (Wildman–Crippen LogP) is 14.0. The first-order valence-electron chi connectivity index (χ1n) is 19.1. The molecule has 0 N–H and O–H groups in total. The monoisotopic (exact) mass is 692 g/mol. The second kappa shape index (κ2) is 11.1. The molecule has 54 heavy (non-hydrogen) atoms. The van der Waals surface area contributed by atoms with Crippen LogP contribution in [0.2, 0.25) is 0 Å². The minimum atomic E-state index is -0.110. The summed E-state index contributed by atoms with van der Waals surface area (Å²) in [6.07, 6.45) is 0. The number of nitrogens with zero attached hydrogens (tertiary/aromatic N) is 2. The van der Waals surface area contributed by atoms with Crippen molar-refractivity contribution in [1.29, 1.82) is 0 Å². The Morgan fingerprint density at radius 3 is 1.46 bits per heavy atom. The lowest BCUT2D eigenvalue weighted by atomic mass is 9.82. The molecule has 8 aromatic carbocycles. The highest BCUT2D eigenvalue weighted by Crippen LogP contribution is 2.58. The molecule has 0 aliphatic heterocycles. The minimum Gasteiger partial charge on any atom is -0.309 e. The van der Waals surface area contributed by atoms with Crippen molar-refractivity contribution in [2.75, 3.05) is 4.90 Å². The minimum absolute atomic E-state index is 0.110. The van der Waals surface area contributed by atoms with Crippen molar-refractivity contribution in [2.45, 2.75) is 38.5 Å². The summed E-state index contributed by atoms with van der Waals surface area (Å²) in [4.78, 5) is 2.56. The smallest absolute Gasteiger partial charge is 0.0543 e. The maximum absolute atomic E-state index is 2.56. The number of aromatic nitrogens is 1. The average molecular weight is 693 g/mol. The molecule has 1 heterocycles. The highest BCUT2D eigenvalue weighted by molar-refractivity contribution is 6.11. The van der Waals surface area contributed by atoms with Gasteiger partial charge in [-0.25, -0.2) is 0 Å². The van der Waals surface area contributed by atoms with Crippen LogP contribution in [0, 0.1) is 0 Å². The first-order chi connectivity index (χ1) is 26.3. The fourth-order valence-electron chi connectivity index (χ4n) is 10.0. The van der Waals surface area contributed by atoms with Crippen molar-refractivity contribution in [1.82, 2.24) is 4.57 Å². The Balaban J connectivity index is 1.20. The normalized spacial score (nSPS) is 14.6. The largest absolute Gasteiger partial charge is 0.309 e. The van der Waals surface area contributed by atoms with E-state index in [4.69, 9.17) is 0 Å². The van der Waals surface area contributed by atoms with E-state index in [1.807, 2.05) is 0 Å². The molecule has 258 valence electrons. The van der Waals surface area contributed by atoms with Gasteiger partial charge >= 0.3 is 0 Å². The molecule has 0 saturated carbocycles. The van der Waals surface area contributed by atoms with Gasteiger partial charge in [0.05, 0.1) is 28.1 Å². The van der Waals surface area contributed by atoms with E-state index in [9.17, 15) is 0 Å². The second-order valence-corrected chi connectivity index (χ2v) is 16.1. The van der Waals surface area contributed by atoms with Crippen molar-refractivity contribution < 1.29 is 0 Å². The maximum Gasteiger partial charge on any atom is 0.0543 e. The van der Waals surface area contributed by atoms with E-state index in [0.29, 0.717) is 0 Å². The van der Waals surface area contributed by atoms with Gasteiger partial charge in [0, 0.05) is 43.8 Å². The summed E-state index contributed by atoms with van der Waals surface area (Å²) < 4.78 is 2.44. The van der Waals surface area contributed by atoms with Gasteiger partial charge in [-0.15, -0.1) is 0 Å². The first kappa shape index (κ1) is 31.2. The van der Waals surface area contributed by atoms with Crippen molar-refractivity contribution in [3.63, 3.8) is 0 Å². The van der Waals surface area contributed by atoms with E-state index in [-0.39, 0.29) is 10.8 Å². The highest BCUT2D eigenvalue weighted by atomic mass is 15.1. The molecule has 0 radical (unpaired) electrons. The molecule has 9 aromatic rings. The quantitative estimate of drug-likeness (QED) is 0.178. The molecule has 0 amide bonds. The van der Waals surface area contributed by atoms with E-state index >= 15 is 0 Å². The molecule has 0 atom stereocenters. The molecule has 0 unspecified atom stereocenters. The summed E-state index contributed by atoms with van der Waals surface area (Å²) in [6.45, 7) is 9.49. The molecule has 11 rings (SSSR count). The van der Waals surface area contributed by atoms with Crippen molar-refractivity contribution >= 4 is 49.6 Å². The Morgan fingerprint density at radius 2 is 0.889 bits per heavy atom. The van der Waals surface area contributed by atoms with Crippen LogP contribution in [0.5, 0.6) is 0 Å². The van der Waals surface area contributed by atoms with Crippen LogP contribution >= 0.6 is 0 Å². The number of hydrogen-bond donors (Lipinski definition) is 0. The van der Waals surface area contributed by atoms with Crippen LogP contribution in [0.1, 0.15) is 49.9 Å². The lowest BCUT2D eigenvalue weighted by Crippen LogP contribution is -2.17. The fraction of sp³-hybridized carbons (Fsp3) is 0.115. The summed E-state index contributed by atoms with van der Waals surface area (Å²) in [5.41, 5.74) is 17.8. The topological polar surface area (TPSA) is 8.17 Å². The van der Waals surface area contributed by atoms with Gasteiger partial charge in [0.15, 0.2) is 0 Å². The molecule has 2 aliphatic rings. The molecule has 0 bridgehead atoms. The predicted molar refractivity (Wildman–Crippen MR) is 228 cm³/mol. The third-order valence-electron chi connectivity index (χ3n) is 12.6. The molecule has 0 fully saturated rings. The lowest BCUT2D eigenvalue weighted by Gasteiger charge is -2.31. The Kier molecular flexibility index (Phi) is 6.39. The molecule has 2 heteroatoms. The molecule has 0 spiro atoms. The zero-order valence-electron chi connectivity index (χ0n) is 31.1. The van der Waals surface area contributed by atoms with E-state index in [2.05, 4.69) is 207 Å². The second-order valence-electron chi connectivity index (χ2n) is 16.1. The van der Waals surface area contributed by atoms with Gasteiger partial charge in [0.25, 0.3) is 0 Å². The van der Waals surface area contributed by atoms with Gasteiger partial charge in [-0.3, -0.25) is 0 Å². The van der Waals surface area contributed by atoms with Crippen LogP contribution in [0.3, 0.4) is 0 Å². The number of benzene rings is 8. The van der Waals surface area contributed by atoms with Crippen LogP contribution in [0.15, 0.2) is 170 Å². The Morgan fingerprint density at radius 1 is 0.407 bits per heavy atom. The Labute approximate surface area is 316 Å². The standard InChI is InChI=1S/C52H40N2/c1-51(2)40-21-9-5-19-38(40)49-42(51)23-14-28-47(49)53(48-29-15-24-43-50(48)39-20-6-10-22-41(39)52(43,3)4)34-30-31-35-33(32-34)16-13-27-44(35)54-45-25-11-7-17-36(45)37-18-8-12-26-46(37)54/h5-32H,1-4H3. The summed E-state index contributed by atoms with van der Waals surface area (Å²) >= 11 is 0. The van der Waals surface area contributed by atoms with Gasteiger partial charge in [0.1, 0.15) is 0 Å². The Hall–Kier alpha value is -6.38. The van der Waals surface area contributed by atoms with Crippen LogP contribution in [-0.2, 0) is 10.8 Å². The van der Waals surface area contributed by atoms with Gasteiger partial charge in [-0.1, -0.05) is 155 Å². The van der Waals surface area contributed by atoms with Crippen LogP contribution < -0.4 is 4.90 Å². The fourth-order valence-corrected chi connectivity index (χ4v) is 10.0. The average Bonchev–Trinajstić information content (AvgIpc) is 3.75. The molecular weight excluding hydrogens is 653 g/mol. The number of para-hydroxylation sites is 2. The van der Waals surface area contributed by atoms with Gasteiger partial charge in [-0.05, 0) is 81.2 Å². The zero-order chi connectivity index (χ0) is 36.3. The number of rotatable bonds is 4. The number of fused-ring (bicyclic) bond motifs is 10. The SMILES string of the molecule is CC1(C)c2ccccc2-c2c(N(c3ccc4c(-n5c6ccccc6c6ccccc65)cccc4c3)c3cccc4c3-c3ccccc3C4(C)C)cccc21. The highest BCUT2D eigenvalue weighted by Gasteiger charge is 2.40. The lowest BCUT2D eigenvalue weighted by molar-refractivity contribution is 0.660. The first-order valence-corrected chi connectivity index (χ1v) is 19.1. The van der Waals surface area contributed by atoms with Crippen molar-refractivity contribution in [2.24, 2.45) is 0 Å². The number of anilines is 3. The van der Waals surface area contributed by atoms with E-state index in [0.717, 1.165) is 5.69 Å². The van der Waals surface area contributed by atoms with E-state index in [1.165, 1.54) is 94.1 Å². The van der Waals surface area contributed by atoms with Gasteiger partial charge in [-0.2, -0.15) is 0 Å². The summed E-state index contributed by atoms with van der Waals surface area (Å²) in [6, 6.07) is 63.3. The molecule has 0 saturated heterocycles. The van der Waals surface area contributed by atoms with E-state index < -0.39 is 0 Å². The summed E-state index contributed by atoms with van der Waals surface area (Å²) in [5.74, 6) is 0. The van der Waals surface area contributed by atoms with Crippen LogP contribution in [0.4, 0.5) is 17.1 Å². The van der Waals surface area contributed by atoms with Crippen LogP contribution in [-0.4, -0.2) is 4.57 Å². The zero-order valence-corrected chi connectivity index (χ0v) is 31.1. The van der Waals surface area contributed by atoms with Crippen molar-refractivity contribution in [3.05, 3.63) is 192 Å². The third-order valence-corrected chi connectivity index (χ3v) is 12.6. The van der Waals surface area contributed by atoms with Gasteiger partial charge < -0.3 is 9.47 Å². The molecular formula is C52H40N2. The summed E-state index contributed by atoms with van der Waals surface area (Å²) in [7, 11) is 0. The summed E-state index contributed by atoms with van der Waals surface area (Å²) in [5, 5.41) is 4.98. The molecule has 2 nitrogen and oxygen atoms in total. The van der Waals surface area contributed by atoms with E-state index in [1.54, 1.807) is 0 Å². The maximum atomic E-state index is 2.56. The van der Waals surface area contributed by atoms with Crippen LogP contribution in [0.25, 0.3) is 60.5 Å². The van der Waals surface area contributed by atoms with Gasteiger partial charge in [0.2, 0.25) is 0 Å². The number of hydrogen-bond acceptors (Lipinski definition) is 1. The van der Waals surface area contributed by atoms with Crippen molar-refractivity contribution in [3.8, 4) is 27.9 Å². The molecule has 1 aromatic heterocycles.